The van der Waals surface area contributed by atoms with Crippen LogP contribution >= 0.6 is 23.1 Å². The third kappa shape index (κ3) is 3.77. The number of furan rings is 1. The summed E-state index contributed by atoms with van der Waals surface area (Å²) in [5.74, 6) is -2.70. The van der Waals surface area contributed by atoms with Crippen LogP contribution in [0.2, 0.25) is 0 Å². The fraction of sp³-hybridized carbons (Fsp3) is 0.111. The number of thiophene rings is 1. The molecular weight excluding hydrogens is 414 g/mol. The van der Waals surface area contributed by atoms with Crippen LogP contribution < -0.4 is 11.1 Å². The Labute approximate surface area is 171 Å². The Morgan fingerprint density at radius 1 is 1.21 bits per heavy atom. The van der Waals surface area contributed by atoms with Gasteiger partial charge in [-0.05, 0) is 23.6 Å². The van der Waals surface area contributed by atoms with E-state index < -0.39 is 23.6 Å². The van der Waals surface area contributed by atoms with Crippen LogP contribution in [0.5, 0.6) is 0 Å². The number of hydrogen-bond donors (Lipinski definition) is 2. The lowest BCUT2D eigenvalue weighted by Gasteiger charge is -2.15. The Morgan fingerprint density at radius 3 is 2.83 bits per heavy atom. The molecule has 0 aliphatic carbocycles. The third-order valence-electron chi connectivity index (χ3n) is 4.15. The van der Waals surface area contributed by atoms with Crippen molar-refractivity contribution in [3.63, 3.8) is 0 Å². The van der Waals surface area contributed by atoms with Gasteiger partial charge in [-0.15, -0.1) is 11.3 Å². The van der Waals surface area contributed by atoms with Crippen LogP contribution in [0.3, 0.4) is 0 Å². The number of hydrogen-bond acceptors (Lipinski definition) is 9. The molecule has 0 saturated carbocycles. The summed E-state index contributed by atoms with van der Waals surface area (Å²) in [6, 6.07) is 5.82. The number of ketones is 1. The summed E-state index contributed by atoms with van der Waals surface area (Å²) in [5, 5.41) is 4.37. The summed E-state index contributed by atoms with van der Waals surface area (Å²) in [5.41, 5.74) is 7.26. The highest BCUT2D eigenvalue weighted by Gasteiger charge is 2.29. The zero-order chi connectivity index (χ0) is 20.4. The first-order valence-corrected chi connectivity index (χ1v) is 9.97. The number of carbonyl (C=O) groups is 3. The quantitative estimate of drug-likeness (QED) is 0.428. The predicted molar refractivity (Wildman–Crippen MR) is 106 cm³/mol. The number of primary amides is 1. The number of aromatic nitrogens is 3. The largest absolute Gasteiger partial charge is 0.463 e. The summed E-state index contributed by atoms with van der Waals surface area (Å²) in [6.45, 7) is 0. The molecule has 4 aromatic rings. The molecule has 4 heterocycles. The van der Waals surface area contributed by atoms with Crippen molar-refractivity contribution in [1.82, 2.24) is 19.0 Å². The van der Waals surface area contributed by atoms with Gasteiger partial charge in [0.05, 0.1) is 28.4 Å². The summed E-state index contributed by atoms with van der Waals surface area (Å²) in [6.07, 6.45) is 3.16. The van der Waals surface area contributed by atoms with Crippen molar-refractivity contribution in [2.45, 2.75) is 12.5 Å². The summed E-state index contributed by atoms with van der Waals surface area (Å²) >= 11 is 2.29. The van der Waals surface area contributed by atoms with Crippen LogP contribution in [0.15, 0.2) is 46.5 Å². The molecule has 3 N–H and O–H groups in total. The van der Waals surface area contributed by atoms with Crippen LogP contribution in [0.1, 0.15) is 16.1 Å². The van der Waals surface area contributed by atoms with Gasteiger partial charge < -0.3 is 15.5 Å². The molecule has 0 fully saturated rings. The number of nitrogens with two attached hydrogens (primary N) is 1. The van der Waals surface area contributed by atoms with Gasteiger partial charge in [-0.3, -0.25) is 19.4 Å². The van der Waals surface area contributed by atoms with Crippen molar-refractivity contribution in [1.29, 1.82) is 0 Å². The Morgan fingerprint density at radius 2 is 2.07 bits per heavy atom. The highest BCUT2D eigenvalue weighted by molar-refractivity contribution is 7.17. The van der Waals surface area contributed by atoms with E-state index in [0.717, 1.165) is 16.4 Å². The van der Waals surface area contributed by atoms with E-state index in [1.165, 1.54) is 17.6 Å². The average molecular weight is 427 g/mol. The lowest BCUT2D eigenvalue weighted by molar-refractivity contribution is -0.137. The molecule has 0 aliphatic rings. The fourth-order valence-corrected chi connectivity index (χ4v) is 4.24. The number of fused-ring (bicyclic) bond motifs is 1. The van der Waals surface area contributed by atoms with Crippen molar-refractivity contribution >= 4 is 50.9 Å². The third-order valence-corrected chi connectivity index (χ3v) is 5.65. The molecule has 0 spiro atoms. The number of amides is 2. The highest BCUT2D eigenvalue weighted by Crippen LogP contribution is 2.28. The molecular formula is C18H13N5O4S2. The van der Waals surface area contributed by atoms with Crippen LogP contribution in [0.4, 0.5) is 0 Å². The maximum atomic E-state index is 12.8. The second kappa shape index (κ2) is 7.89. The van der Waals surface area contributed by atoms with E-state index in [1.54, 1.807) is 30.5 Å². The molecule has 1 atom stereocenters. The van der Waals surface area contributed by atoms with Crippen molar-refractivity contribution in [2.24, 2.45) is 5.73 Å². The normalized spacial score (nSPS) is 12.0. The minimum Gasteiger partial charge on any atom is -0.463 e. The number of pyridine rings is 1. The molecule has 9 nitrogen and oxygen atoms in total. The Balaban J connectivity index is 1.61. The zero-order valence-corrected chi connectivity index (χ0v) is 16.3. The van der Waals surface area contributed by atoms with Gasteiger partial charge in [0, 0.05) is 18.2 Å². The van der Waals surface area contributed by atoms with Crippen molar-refractivity contribution < 1.29 is 18.8 Å². The number of nitrogens with zero attached hydrogens (tertiary/aromatic N) is 3. The highest BCUT2D eigenvalue weighted by atomic mass is 32.1. The van der Waals surface area contributed by atoms with Gasteiger partial charge in [-0.2, -0.15) is 8.75 Å². The molecule has 146 valence electrons. The Bertz CT molecular complexity index is 1200. The summed E-state index contributed by atoms with van der Waals surface area (Å²) in [4.78, 5) is 40.8. The van der Waals surface area contributed by atoms with Crippen molar-refractivity contribution in [3.05, 3.63) is 53.4 Å². The molecule has 0 saturated heterocycles. The maximum Gasteiger partial charge on any atom is 0.287 e. The first kappa shape index (κ1) is 18.9. The lowest BCUT2D eigenvalue weighted by Crippen LogP contribution is -2.47. The number of carbonyl (C=O) groups excluding carboxylic acids is 3. The second-order valence-electron chi connectivity index (χ2n) is 6.01. The standard InChI is InChI=1S/C18H13N5O4S2/c19-17(25)15(24)11(7-9-8-28-12-4-6-27-16(9)12)21-18(26)14-13(22-29-23-14)10-3-1-2-5-20-10/h1-6,8,11H,7H2,(H2,19,25)(H,21,26). The summed E-state index contributed by atoms with van der Waals surface area (Å²) < 4.78 is 14.5. The SMILES string of the molecule is NC(=O)C(=O)C(Cc1csc2ccoc12)NC(=O)c1nsnc1-c1ccccn1. The van der Waals surface area contributed by atoms with Gasteiger partial charge in [-0.1, -0.05) is 6.07 Å². The fourth-order valence-electron chi connectivity index (χ4n) is 2.79. The molecule has 0 bridgehead atoms. The van der Waals surface area contributed by atoms with Crippen molar-refractivity contribution in [2.75, 3.05) is 0 Å². The topological polar surface area (TPSA) is 141 Å². The van der Waals surface area contributed by atoms with E-state index in [1.807, 2.05) is 5.38 Å². The maximum absolute atomic E-state index is 12.8. The number of rotatable bonds is 7. The van der Waals surface area contributed by atoms with Crippen LogP contribution in [0, 0.1) is 0 Å². The molecule has 29 heavy (non-hydrogen) atoms. The number of Topliss-reactive ketones (excluding diaryl/α,β-unsaturated/α-hetero) is 1. The molecule has 2 amide bonds. The van der Waals surface area contributed by atoms with Crippen LogP contribution in [0.25, 0.3) is 21.7 Å². The minimum atomic E-state index is -1.17. The van der Waals surface area contributed by atoms with E-state index in [4.69, 9.17) is 10.2 Å². The number of nitrogens with one attached hydrogen (secondary N) is 1. The van der Waals surface area contributed by atoms with E-state index >= 15 is 0 Å². The zero-order valence-electron chi connectivity index (χ0n) is 14.7. The van der Waals surface area contributed by atoms with E-state index in [-0.39, 0.29) is 12.1 Å². The van der Waals surface area contributed by atoms with Gasteiger partial charge in [0.25, 0.3) is 11.8 Å². The van der Waals surface area contributed by atoms with E-state index in [0.29, 0.717) is 22.5 Å². The van der Waals surface area contributed by atoms with Crippen molar-refractivity contribution in [3.8, 4) is 11.4 Å². The van der Waals surface area contributed by atoms with Gasteiger partial charge in [-0.25, -0.2) is 0 Å². The van der Waals surface area contributed by atoms with Gasteiger partial charge in [0.1, 0.15) is 17.3 Å². The van der Waals surface area contributed by atoms with Gasteiger partial charge in [0.15, 0.2) is 5.69 Å². The van der Waals surface area contributed by atoms with Crippen LogP contribution in [-0.2, 0) is 16.0 Å². The Hall–Kier alpha value is -3.44. The van der Waals surface area contributed by atoms with Gasteiger partial charge in [0.2, 0.25) is 5.78 Å². The van der Waals surface area contributed by atoms with E-state index in [9.17, 15) is 14.4 Å². The lowest BCUT2D eigenvalue weighted by atomic mass is 10.0. The van der Waals surface area contributed by atoms with E-state index in [2.05, 4.69) is 19.0 Å². The first-order valence-electron chi connectivity index (χ1n) is 8.36. The molecule has 0 radical (unpaired) electrons. The molecule has 0 aliphatic heterocycles. The molecule has 1 unspecified atom stereocenters. The second-order valence-corrected chi connectivity index (χ2v) is 7.45. The molecule has 4 rings (SSSR count). The minimum absolute atomic E-state index is 0.0180. The summed E-state index contributed by atoms with van der Waals surface area (Å²) in [7, 11) is 0. The predicted octanol–water partition coefficient (Wildman–Crippen LogP) is 1.80. The average Bonchev–Trinajstić information content (AvgIpc) is 3.45. The molecule has 11 heteroatoms. The van der Waals surface area contributed by atoms with Crippen LogP contribution in [-0.4, -0.2) is 37.4 Å². The van der Waals surface area contributed by atoms with Gasteiger partial charge >= 0.3 is 0 Å². The monoisotopic (exact) mass is 427 g/mol. The molecule has 0 aromatic carbocycles. The first-order chi connectivity index (χ1) is 14.0. The Kier molecular flexibility index (Phi) is 5.14. The smallest absolute Gasteiger partial charge is 0.287 e. The molecule has 4 aromatic heterocycles.